The number of ether oxygens (including phenoxy) is 1. The van der Waals surface area contributed by atoms with Gasteiger partial charge in [-0.25, -0.2) is 0 Å². The zero-order valence-electron chi connectivity index (χ0n) is 14.5. The number of alkyl halides is 3. The molecule has 0 amide bonds. The molecule has 0 saturated carbocycles. The summed E-state index contributed by atoms with van der Waals surface area (Å²) in [5, 5.41) is 0. The Hall–Kier alpha value is -0.485. The highest BCUT2D eigenvalue weighted by Gasteiger charge is 2.58. The standard InChI is InChI=1S/C12H26NO.CBF6O2S/c1-3-5-8-13(9-6-7-10-13)12-14-11-4-2;3-1(4,5)11(9,10)2(6,7)8/h3-12H2,1-2H3;/q+1;-1. The summed E-state index contributed by atoms with van der Waals surface area (Å²) in [5.74, 6) is 0. The molecule has 1 aliphatic heterocycles. The molecular formula is C13H26BF6NO3S. The van der Waals surface area contributed by atoms with Gasteiger partial charge in [0.2, 0.25) is 9.69 Å². The van der Waals surface area contributed by atoms with E-state index in [0.717, 1.165) is 19.8 Å². The van der Waals surface area contributed by atoms with Crippen molar-refractivity contribution in [3.63, 3.8) is 0 Å². The number of hydrogen-bond donors (Lipinski definition) is 0. The summed E-state index contributed by atoms with van der Waals surface area (Å²) in [6.45, 7) is 10.4. The minimum atomic E-state index is -6.95. The zero-order valence-corrected chi connectivity index (χ0v) is 15.3. The molecular weight excluding hydrogens is 375 g/mol. The molecule has 0 unspecified atom stereocenters. The molecule has 12 heteroatoms. The first-order valence-electron chi connectivity index (χ1n) is 8.25. The van der Waals surface area contributed by atoms with E-state index in [2.05, 4.69) is 13.8 Å². The van der Waals surface area contributed by atoms with Gasteiger partial charge in [-0.1, -0.05) is 20.3 Å². The van der Waals surface area contributed by atoms with Gasteiger partial charge >= 0.3 is 11.8 Å². The van der Waals surface area contributed by atoms with E-state index < -0.39 is 21.5 Å². The van der Waals surface area contributed by atoms with Crippen molar-refractivity contribution in [3.8, 4) is 0 Å². The monoisotopic (exact) mass is 401 g/mol. The fraction of sp³-hybridized carbons (Fsp3) is 1.00. The number of hydrogen-bond acceptors (Lipinski definition) is 3. The van der Waals surface area contributed by atoms with E-state index in [1.54, 1.807) is 0 Å². The van der Waals surface area contributed by atoms with Gasteiger partial charge in [0.1, 0.15) is 0 Å². The number of unbranched alkanes of at least 4 members (excludes halogenated alkanes) is 1. The number of quaternary nitrogens is 1. The molecule has 0 N–H and O–H groups in total. The van der Waals surface area contributed by atoms with Crippen LogP contribution < -0.4 is 0 Å². The van der Waals surface area contributed by atoms with Crippen LogP contribution in [0.25, 0.3) is 0 Å². The third-order valence-corrected chi connectivity index (χ3v) is 5.24. The summed E-state index contributed by atoms with van der Waals surface area (Å²) >= 11 is 0. The largest absolute Gasteiger partial charge is 0.616 e. The van der Waals surface area contributed by atoms with Crippen LogP contribution in [-0.4, -0.2) is 57.6 Å². The van der Waals surface area contributed by atoms with Crippen LogP contribution >= 0.6 is 0 Å². The van der Waals surface area contributed by atoms with Crippen molar-refractivity contribution in [2.75, 3.05) is 33.0 Å². The molecule has 1 aliphatic rings. The van der Waals surface area contributed by atoms with Gasteiger partial charge in [0.15, 0.2) is 6.73 Å². The normalized spacial score (nSPS) is 17.9. The second-order valence-electron chi connectivity index (χ2n) is 6.12. The summed E-state index contributed by atoms with van der Waals surface area (Å²) in [5.41, 5.74) is -6.24. The van der Waals surface area contributed by atoms with Gasteiger partial charge < -0.3 is 22.2 Å². The Balaban J connectivity index is 0.000000477. The van der Waals surface area contributed by atoms with Gasteiger partial charge in [0, 0.05) is 12.8 Å². The topological polar surface area (TPSA) is 43.4 Å². The Labute approximate surface area is 145 Å². The van der Waals surface area contributed by atoms with Gasteiger partial charge in [-0.3, -0.25) is 8.42 Å². The average Bonchev–Trinajstić information content (AvgIpc) is 2.93. The maximum absolute atomic E-state index is 11.1. The highest BCUT2D eigenvalue weighted by molar-refractivity contribution is 8.20. The lowest BCUT2D eigenvalue weighted by atomic mass is 10.3. The second kappa shape index (κ2) is 10.0. The first-order valence-corrected chi connectivity index (χ1v) is 9.80. The van der Waals surface area contributed by atoms with Crippen LogP contribution in [0.1, 0.15) is 46.0 Å². The van der Waals surface area contributed by atoms with Gasteiger partial charge in [-0.2, -0.15) is 13.2 Å². The Bertz CT molecular complexity index is 455. The van der Waals surface area contributed by atoms with E-state index in [4.69, 9.17) is 4.74 Å². The molecule has 0 aliphatic carbocycles. The molecule has 1 rings (SSSR count). The maximum Gasteiger partial charge on any atom is 0.616 e. The molecule has 4 nitrogen and oxygen atoms in total. The summed E-state index contributed by atoms with van der Waals surface area (Å²) in [7, 11) is -6.95. The molecule has 0 aromatic rings. The fourth-order valence-electron chi connectivity index (χ4n) is 2.47. The number of rotatable bonds is 8. The Morgan fingerprint density at radius 3 is 1.88 bits per heavy atom. The molecule has 0 spiro atoms. The van der Waals surface area contributed by atoms with E-state index in [9.17, 15) is 34.5 Å². The predicted molar refractivity (Wildman–Crippen MR) is 84.2 cm³/mol. The first kappa shape index (κ1) is 24.5. The van der Waals surface area contributed by atoms with Crippen molar-refractivity contribution >= 4 is 15.9 Å². The van der Waals surface area contributed by atoms with Crippen molar-refractivity contribution in [1.82, 2.24) is 0 Å². The zero-order chi connectivity index (χ0) is 19.8. The van der Waals surface area contributed by atoms with Gasteiger partial charge in [0.25, 0.3) is 0 Å². The van der Waals surface area contributed by atoms with E-state index in [1.165, 1.54) is 49.8 Å². The van der Waals surface area contributed by atoms with Crippen molar-refractivity contribution < 1.29 is 43.8 Å². The van der Waals surface area contributed by atoms with E-state index >= 15 is 0 Å². The van der Waals surface area contributed by atoms with Crippen molar-refractivity contribution in [1.29, 1.82) is 0 Å². The summed E-state index contributed by atoms with van der Waals surface area (Å²) < 4.78 is 92.2. The number of nitrogens with zero attached hydrogens (tertiary/aromatic N) is 1. The van der Waals surface area contributed by atoms with Crippen LogP contribution in [0.2, 0.25) is 0 Å². The molecule has 0 atom stereocenters. The van der Waals surface area contributed by atoms with Gasteiger partial charge in [-0.15, -0.1) is 0 Å². The van der Waals surface area contributed by atoms with E-state index in [1.807, 2.05) is 0 Å². The fourth-order valence-corrected chi connectivity index (χ4v) is 2.77. The van der Waals surface area contributed by atoms with Crippen molar-refractivity contribution in [2.45, 2.75) is 51.5 Å². The molecule has 1 saturated heterocycles. The molecule has 0 radical (unpaired) electrons. The molecule has 0 aromatic carbocycles. The molecule has 0 bridgehead atoms. The first-order chi connectivity index (χ1) is 11.3. The number of halogens is 6. The predicted octanol–water partition coefficient (Wildman–Crippen LogP) is 4.05. The third kappa shape index (κ3) is 7.73. The number of likely N-dealkylation sites (tertiary alicyclic amines) is 1. The van der Waals surface area contributed by atoms with Crippen LogP contribution in [0.3, 0.4) is 0 Å². The smallest absolute Gasteiger partial charge is 0.436 e. The van der Waals surface area contributed by atoms with Crippen LogP contribution in [0, 0.1) is 0 Å². The lowest BCUT2D eigenvalue weighted by Crippen LogP contribution is -2.47. The third-order valence-electron chi connectivity index (χ3n) is 3.89. The summed E-state index contributed by atoms with van der Waals surface area (Å²) in [6.07, 6.45) is -0.282. The van der Waals surface area contributed by atoms with Crippen LogP contribution in [0.4, 0.5) is 26.1 Å². The average molecular weight is 401 g/mol. The Morgan fingerprint density at radius 2 is 1.56 bits per heavy atom. The SMILES string of the molecule is CCCC[N+]1(COCCC)CCCC1.O=S(=O)([B-](F)(F)F)C(F)(F)F. The lowest BCUT2D eigenvalue weighted by Gasteiger charge is -2.33. The van der Waals surface area contributed by atoms with Crippen molar-refractivity contribution in [3.05, 3.63) is 0 Å². The quantitative estimate of drug-likeness (QED) is 0.267. The minimum absolute atomic E-state index is 0.937. The molecule has 25 heavy (non-hydrogen) atoms. The van der Waals surface area contributed by atoms with Crippen LogP contribution in [0.15, 0.2) is 0 Å². The minimum Gasteiger partial charge on any atom is -0.436 e. The van der Waals surface area contributed by atoms with Crippen LogP contribution in [0.5, 0.6) is 0 Å². The van der Waals surface area contributed by atoms with E-state index in [0.29, 0.717) is 0 Å². The summed E-state index contributed by atoms with van der Waals surface area (Å²) in [4.78, 5) is 0. The highest BCUT2D eigenvalue weighted by atomic mass is 32.2. The second-order valence-corrected chi connectivity index (χ2v) is 8.20. The summed E-state index contributed by atoms with van der Waals surface area (Å²) in [6, 6.07) is 0. The molecule has 1 heterocycles. The highest BCUT2D eigenvalue weighted by Crippen LogP contribution is 2.33. The molecule has 152 valence electrons. The van der Waals surface area contributed by atoms with Gasteiger partial charge in [-0.05, 0) is 12.8 Å². The maximum atomic E-state index is 11.1. The van der Waals surface area contributed by atoms with Gasteiger partial charge in [0.05, 0.1) is 26.2 Å². The Morgan fingerprint density at radius 1 is 1.04 bits per heavy atom. The van der Waals surface area contributed by atoms with Crippen molar-refractivity contribution in [2.24, 2.45) is 0 Å². The van der Waals surface area contributed by atoms with E-state index in [-0.39, 0.29) is 0 Å². The van der Waals surface area contributed by atoms with Crippen LogP contribution in [-0.2, 0) is 14.4 Å². The lowest BCUT2D eigenvalue weighted by molar-refractivity contribution is -0.935. The Kier molecular flexibility index (Phi) is 9.81. The molecule has 0 aromatic heterocycles. The molecule has 1 fully saturated rings.